The topological polar surface area (TPSA) is 56.8 Å². The Hall–Kier alpha value is -2.11. The molecule has 1 amide bonds. The second-order valence-electron chi connectivity index (χ2n) is 6.40. The van der Waals surface area contributed by atoms with Crippen molar-refractivity contribution in [3.63, 3.8) is 0 Å². The van der Waals surface area contributed by atoms with E-state index >= 15 is 0 Å². The lowest BCUT2D eigenvalue weighted by Crippen LogP contribution is -2.34. The van der Waals surface area contributed by atoms with Gasteiger partial charge in [-0.15, -0.1) is 0 Å². The Labute approximate surface area is 140 Å². The van der Waals surface area contributed by atoms with Gasteiger partial charge in [-0.2, -0.15) is 0 Å². The second kappa shape index (κ2) is 6.42. The highest BCUT2D eigenvalue weighted by Crippen LogP contribution is 2.33. The molecule has 2 aromatic rings. The number of nitrogens with one attached hydrogen (secondary N) is 1. The predicted molar refractivity (Wildman–Crippen MR) is 89.6 cm³/mol. The Morgan fingerprint density at radius 1 is 1.21 bits per heavy atom. The smallest absolute Gasteiger partial charge is 0.407 e. The Bertz CT molecular complexity index is 742. The first kappa shape index (κ1) is 15.4. The van der Waals surface area contributed by atoms with E-state index in [4.69, 9.17) is 14.2 Å². The number of benzene rings is 2. The lowest BCUT2D eigenvalue weighted by molar-refractivity contribution is -0.0907. The number of amides is 1. The molecule has 4 atom stereocenters. The van der Waals surface area contributed by atoms with Gasteiger partial charge in [0.2, 0.25) is 0 Å². The molecular weight excluding hydrogens is 306 g/mol. The van der Waals surface area contributed by atoms with Crippen LogP contribution in [0.15, 0.2) is 42.5 Å². The molecule has 2 aliphatic rings. The van der Waals surface area contributed by atoms with Crippen LogP contribution in [0.4, 0.5) is 4.79 Å². The van der Waals surface area contributed by atoms with E-state index < -0.39 is 6.09 Å². The van der Waals surface area contributed by atoms with E-state index in [1.165, 1.54) is 0 Å². The lowest BCUT2D eigenvalue weighted by atomic mass is 10.00. The fraction of sp³-hybridized carbons (Fsp3) is 0.421. The summed E-state index contributed by atoms with van der Waals surface area (Å²) < 4.78 is 16.5. The second-order valence-corrected chi connectivity index (χ2v) is 6.40. The minimum atomic E-state index is -0.406. The predicted octanol–water partition coefficient (Wildman–Crippen LogP) is 3.39. The molecule has 0 bridgehead atoms. The van der Waals surface area contributed by atoms with Crippen molar-refractivity contribution < 1.29 is 19.0 Å². The van der Waals surface area contributed by atoms with Crippen molar-refractivity contribution in [2.75, 3.05) is 13.2 Å². The molecule has 5 nitrogen and oxygen atoms in total. The average molecular weight is 327 g/mol. The van der Waals surface area contributed by atoms with Crippen LogP contribution in [0.5, 0.6) is 0 Å². The molecular formula is C19H21NO4. The number of carbonyl (C=O) groups excluding carboxylic acids is 1. The molecule has 24 heavy (non-hydrogen) atoms. The first-order chi connectivity index (χ1) is 11.7. The van der Waals surface area contributed by atoms with Gasteiger partial charge in [0.1, 0.15) is 6.10 Å². The minimum absolute atomic E-state index is 0.137. The lowest BCUT2D eigenvalue weighted by Gasteiger charge is -2.20. The number of carbonyl (C=O) groups is 1. The van der Waals surface area contributed by atoms with Crippen LogP contribution in [0.25, 0.3) is 10.8 Å². The molecule has 0 unspecified atom stereocenters. The zero-order valence-corrected chi connectivity index (χ0v) is 13.6. The van der Waals surface area contributed by atoms with Gasteiger partial charge in [0.25, 0.3) is 0 Å². The maximum atomic E-state index is 12.3. The third kappa shape index (κ3) is 2.85. The van der Waals surface area contributed by atoms with Gasteiger partial charge in [-0.1, -0.05) is 42.5 Å². The molecule has 126 valence electrons. The van der Waals surface area contributed by atoms with Crippen LogP contribution in [0.1, 0.15) is 24.9 Å². The van der Waals surface area contributed by atoms with Gasteiger partial charge in [0.15, 0.2) is 6.29 Å². The maximum absolute atomic E-state index is 12.3. The van der Waals surface area contributed by atoms with Crippen LogP contribution in [-0.2, 0) is 14.2 Å². The van der Waals surface area contributed by atoms with Gasteiger partial charge in [-0.3, -0.25) is 0 Å². The van der Waals surface area contributed by atoms with Crippen molar-refractivity contribution in [2.45, 2.75) is 31.8 Å². The zero-order valence-electron chi connectivity index (χ0n) is 13.6. The van der Waals surface area contributed by atoms with E-state index in [1.54, 1.807) is 0 Å². The largest absolute Gasteiger partial charge is 0.443 e. The summed E-state index contributed by atoms with van der Waals surface area (Å²) in [4.78, 5) is 12.3. The van der Waals surface area contributed by atoms with E-state index in [0.29, 0.717) is 13.2 Å². The van der Waals surface area contributed by atoms with Crippen molar-refractivity contribution >= 4 is 16.9 Å². The summed E-state index contributed by atoms with van der Waals surface area (Å²) in [5, 5.41) is 5.24. The molecule has 4 rings (SSSR count). The Kier molecular flexibility index (Phi) is 4.12. The maximum Gasteiger partial charge on any atom is 0.407 e. The van der Waals surface area contributed by atoms with Crippen molar-refractivity contribution in [1.29, 1.82) is 0 Å². The van der Waals surface area contributed by atoms with Crippen molar-refractivity contribution in [3.05, 3.63) is 48.0 Å². The highest BCUT2D eigenvalue weighted by atomic mass is 16.7. The Morgan fingerprint density at radius 2 is 2.04 bits per heavy atom. The molecule has 0 aromatic heterocycles. The van der Waals surface area contributed by atoms with Crippen LogP contribution < -0.4 is 5.32 Å². The molecule has 2 heterocycles. The minimum Gasteiger partial charge on any atom is -0.443 e. The van der Waals surface area contributed by atoms with Crippen LogP contribution in [0.2, 0.25) is 0 Å². The van der Waals surface area contributed by atoms with Gasteiger partial charge >= 0.3 is 6.09 Å². The number of hydrogen-bond acceptors (Lipinski definition) is 4. The van der Waals surface area contributed by atoms with E-state index in [0.717, 1.165) is 22.8 Å². The van der Waals surface area contributed by atoms with E-state index in [1.807, 2.05) is 31.2 Å². The van der Waals surface area contributed by atoms with Crippen LogP contribution >= 0.6 is 0 Å². The van der Waals surface area contributed by atoms with Crippen LogP contribution in [-0.4, -0.2) is 31.7 Å². The third-order valence-corrected chi connectivity index (χ3v) is 4.87. The van der Waals surface area contributed by atoms with Crippen LogP contribution in [0, 0.1) is 5.92 Å². The molecule has 1 N–H and O–H groups in total. The first-order valence-corrected chi connectivity index (χ1v) is 8.40. The van der Waals surface area contributed by atoms with Crippen LogP contribution in [0.3, 0.4) is 0 Å². The normalized spacial score (nSPS) is 27.0. The number of rotatable bonds is 3. The Balaban J connectivity index is 1.43. The molecule has 2 fully saturated rings. The van der Waals surface area contributed by atoms with Gasteiger partial charge in [0, 0.05) is 0 Å². The number of fused-ring (bicyclic) bond motifs is 2. The molecule has 0 aliphatic carbocycles. The number of ether oxygens (including phenoxy) is 3. The van der Waals surface area contributed by atoms with E-state index in [9.17, 15) is 4.79 Å². The van der Waals surface area contributed by atoms with Gasteiger partial charge in [-0.05, 0) is 29.7 Å². The molecule has 2 saturated heterocycles. The Morgan fingerprint density at radius 3 is 2.96 bits per heavy atom. The molecule has 0 saturated carbocycles. The monoisotopic (exact) mass is 327 g/mol. The summed E-state index contributed by atoms with van der Waals surface area (Å²) in [6.45, 7) is 3.05. The summed E-state index contributed by atoms with van der Waals surface area (Å²) in [6, 6.07) is 14.1. The zero-order chi connectivity index (χ0) is 16.5. The fourth-order valence-electron chi connectivity index (χ4n) is 3.60. The number of hydrogen-bond donors (Lipinski definition) is 1. The van der Waals surface area contributed by atoms with Gasteiger partial charge in [-0.25, -0.2) is 4.79 Å². The molecule has 0 radical (unpaired) electrons. The van der Waals surface area contributed by atoms with E-state index in [2.05, 4.69) is 23.5 Å². The van der Waals surface area contributed by atoms with Crippen molar-refractivity contribution in [2.24, 2.45) is 5.92 Å². The molecule has 2 aliphatic heterocycles. The average Bonchev–Trinajstić information content (AvgIpc) is 3.19. The number of alkyl carbamates (subject to hydrolysis) is 1. The highest BCUT2D eigenvalue weighted by molar-refractivity contribution is 5.86. The first-order valence-electron chi connectivity index (χ1n) is 8.40. The standard InChI is InChI=1S/C19H21NO4/c1-12(14-8-4-6-13-5-2-3-7-15(13)14)20-19(21)24-17-11-23-18-16(17)9-10-22-18/h2-8,12,16-18H,9-11H2,1H3,(H,20,21)/t12-,16-,17-,18+/m1/s1. The fourth-order valence-corrected chi connectivity index (χ4v) is 3.60. The quantitative estimate of drug-likeness (QED) is 0.939. The summed E-state index contributed by atoms with van der Waals surface area (Å²) in [6.07, 6.45) is 0.0358. The molecule has 2 aromatic carbocycles. The van der Waals surface area contributed by atoms with Gasteiger partial charge < -0.3 is 19.5 Å². The summed E-state index contributed by atoms with van der Waals surface area (Å²) >= 11 is 0. The molecule has 5 heteroatoms. The molecule has 0 spiro atoms. The van der Waals surface area contributed by atoms with Crippen molar-refractivity contribution in [1.82, 2.24) is 5.32 Å². The van der Waals surface area contributed by atoms with Gasteiger partial charge in [0.05, 0.1) is 25.2 Å². The third-order valence-electron chi connectivity index (χ3n) is 4.87. The van der Waals surface area contributed by atoms with Crippen molar-refractivity contribution in [3.8, 4) is 0 Å². The summed E-state index contributed by atoms with van der Waals surface area (Å²) in [7, 11) is 0. The highest BCUT2D eigenvalue weighted by Gasteiger charge is 2.43. The SMILES string of the molecule is C[C@@H](NC(=O)O[C@@H]1CO[C@@H]2OCC[C@@H]21)c1cccc2ccccc12. The summed E-state index contributed by atoms with van der Waals surface area (Å²) in [5.74, 6) is 0.156. The van der Waals surface area contributed by atoms with E-state index in [-0.39, 0.29) is 24.4 Å². The summed E-state index contributed by atoms with van der Waals surface area (Å²) in [5.41, 5.74) is 1.08.